The van der Waals surface area contributed by atoms with E-state index in [0.717, 1.165) is 25.7 Å². The Hall–Kier alpha value is -1.01. The molecule has 1 amide bonds. The molecule has 0 aromatic rings. The van der Waals surface area contributed by atoms with Gasteiger partial charge in [-0.1, -0.05) is 142 Å². The standard InChI is InChI=1S/C41H79NO13/c1-3-5-6-7-8-9-10-11-12-13-14-15-16-17-18-19-20-21-22-23-25-30(45)29(42-33(46)24-4-2)28-52-40-38(51)36(49)39(32(27-44)54-40)55-41-37(50)35(48)34(47)31(26-43)53-41/h29-32,34-41,43-45,47-51H,3-28H2,1-2H3,(H,42,46). The van der Waals surface area contributed by atoms with Crippen LogP contribution in [0.1, 0.15) is 162 Å². The minimum Gasteiger partial charge on any atom is -0.394 e. The first-order valence-corrected chi connectivity index (χ1v) is 21.8. The summed E-state index contributed by atoms with van der Waals surface area (Å²) >= 11 is 0. The molecule has 2 fully saturated rings. The molecule has 12 unspecified atom stereocenters. The maximum atomic E-state index is 12.5. The number of ether oxygens (including phenoxy) is 4. The summed E-state index contributed by atoms with van der Waals surface area (Å²) in [5.74, 6) is -0.259. The number of unbranched alkanes of at least 4 members (excludes halogenated alkanes) is 19. The molecular weight excluding hydrogens is 714 g/mol. The molecular formula is C41H79NO13. The molecule has 0 spiro atoms. The summed E-state index contributed by atoms with van der Waals surface area (Å²) in [5.41, 5.74) is 0. The molecule has 55 heavy (non-hydrogen) atoms. The molecule has 9 N–H and O–H groups in total. The van der Waals surface area contributed by atoms with E-state index in [1.54, 1.807) is 0 Å². The maximum Gasteiger partial charge on any atom is 0.220 e. The lowest BCUT2D eigenvalue weighted by molar-refractivity contribution is -0.359. The van der Waals surface area contributed by atoms with E-state index in [4.69, 9.17) is 18.9 Å². The van der Waals surface area contributed by atoms with Crippen molar-refractivity contribution in [3.63, 3.8) is 0 Å². The molecule has 0 aromatic carbocycles. The maximum absolute atomic E-state index is 12.5. The second kappa shape index (κ2) is 30.1. The van der Waals surface area contributed by atoms with Crippen LogP contribution in [0.15, 0.2) is 0 Å². The number of carbonyl (C=O) groups excluding carboxylic acids is 1. The predicted octanol–water partition coefficient (Wildman–Crippen LogP) is 3.48. The topological polar surface area (TPSA) is 228 Å². The van der Waals surface area contributed by atoms with Gasteiger partial charge in [0.25, 0.3) is 0 Å². The number of nitrogens with one attached hydrogen (secondary N) is 1. The Bertz CT molecular complexity index is 946. The summed E-state index contributed by atoms with van der Waals surface area (Å²) in [4.78, 5) is 12.5. The van der Waals surface area contributed by atoms with Crippen LogP contribution >= 0.6 is 0 Å². The van der Waals surface area contributed by atoms with Crippen LogP contribution in [0, 0.1) is 0 Å². The number of hydrogen-bond acceptors (Lipinski definition) is 13. The number of aliphatic hydroxyl groups is 8. The van der Waals surface area contributed by atoms with Gasteiger partial charge in [0.1, 0.15) is 48.8 Å². The zero-order chi connectivity index (χ0) is 40.4. The fraction of sp³-hybridized carbons (Fsp3) is 0.976. The Kier molecular flexibility index (Phi) is 27.4. The number of hydrogen-bond donors (Lipinski definition) is 9. The van der Waals surface area contributed by atoms with Crippen molar-refractivity contribution in [1.29, 1.82) is 0 Å². The molecule has 2 aliphatic rings. The Balaban J connectivity index is 1.68. The summed E-state index contributed by atoms with van der Waals surface area (Å²) in [7, 11) is 0. The van der Waals surface area contributed by atoms with E-state index in [2.05, 4.69) is 12.2 Å². The minimum absolute atomic E-state index is 0.249. The first-order valence-electron chi connectivity index (χ1n) is 21.8. The van der Waals surface area contributed by atoms with Gasteiger partial charge in [-0.25, -0.2) is 0 Å². The number of rotatable bonds is 32. The van der Waals surface area contributed by atoms with Gasteiger partial charge in [0, 0.05) is 6.42 Å². The van der Waals surface area contributed by atoms with E-state index in [1.807, 2.05) is 6.92 Å². The molecule has 0 radical (unpaired) electrons. The first-order chi connectivity index (χ1) is 26.6. The van der Waals surface area contributed by atoms with Gasteiger partial charge >= 0.3 is 0 Å². The molecule has 2 aliphatic heterocycles. The third kappa shape index (κ3) is 19.1. The molecule has 0 aliphatic carbocycles. The van der Waals surface area contributed by atoms with E-state index in [1.165, 1.54) is 103 Å². The van der Waals surface area contributed by atoms with Crippen LogP contribution in [0.25, 0.3) is 0 Å². The lowest BCUT2D eigenvalue weighted by Crippen LogP contribution is -2.65. The zero-order valence-electron chi connectivity index (χ0n) is 33.9. The van der Waals surface area contributed by atoms with Gasteiger partial charge in [0.05, 0.1) is 32.0 Å². The minimum atomic E-state index is -1.77. The number of carbonyl (C=O) groups is 1. The smallest absolute Gasteiger partial charge is 0.220 e. The summed E-state index contributed by atoms with van der Waals surface area (Å²) in [5, 5.41) is 85.6. The van der Waals surface area contributed by atoms with Gasteiger partial charge in [-0.15, -0.1) is 0 Å². The molecule has 0 saturated carbocycles. The average Bonchev–Trinajstić information content (AvgIpc) is 3.18. The van der Waals surface area contributed by atoms with Crippen molar-refractivity contribution in [3.05, 3.63) is 0 Å². The van der Waals surface area contributed by atoms with Crippen LogP contribution in [-0.4, -0.2) is 140 Å². The molecule has 12 atom stereocenters. The molecule has 0 aromatic heterocycles. The van der Waals surface area contributed by atoms with Gasteiger partial charge in [0.15, 0.2) is 12.6 Å². The van der Waals surface area contributed by atoms with E-state index < -0.39 is 86.8 Å². The summed E-state index contributed by atoms with van der Waals surface area (Å²) in [6.07, 6.45) is 10.2. The molecule has 2 saturated heterocycles. The lowest BCUT2D eigenvalue weighted by Gasteiger charge is -2.46. The lowest BCUT2D eigenvalue weighted by atomic mass is 9.97. The van der Waals surface area contributed by atoms with Gasteiger partial charge < -0.3 is 65.1 Å². The van der Waals surface area contributed by atoms with E-state index in [-0.39, 0.29) is 18.9 Å². The highest BCUT2D eigenvalue weighted by atomic mass is 16.7. The van der Waals surface area contributed by atoms with Crippen LogP contribution in [0.5, 0.6) is 0 Å². The molecule has 14 heteroatoms. The van der Waals surface area contributed by atoms with Crippen molar-refractivity contribution in [1.82, 2.24) is 5.32 Å². The van der Waals surface area contributed by atoms with Gasteiger partial charge in [-0.2, -0.15) is 0 Å². The van der Waals surface area contributed by atoms with Crippen molar-refractivity contribution in [2.45, 2.75) is 235 Å². The highest BCUT2D eigenvalue weighted by Gasteiger charge is 2.50. The SMILES string of the molecule is CCCCCCCCCCCCCCCCCCCCCCC(O)C(COC1OC(CO)C(OC2OC(CO)C(O)C(O)C2O)C(O)C1O)NC(=O)CCC. The van der Waals surface area contributed by atoms with E-state index in [0.29, 0.717) is 12.8 Å². The van der Waals surface area contributed by atoms with Crippen molar-refractivity contribution < 1.29 is 64.6 Å². The van der Waals surface area contributed by atoms with Crippen molar-refractivity contribution >= 4 is 5.91 Å². The summed E-state index contributed by atoms with van der Waals surface area (Å²) < 4.78 is 22.4. The Morgan fingerprint density at radius 2 is 1.04 bits per heavy atom. The third-order valence-corrected chi connectivity index (χ3v) is 11.0. The average molecular weight is 794 g/mol. The van der Waals surface area contributed by atoms with Gasteiger partial charge in [0.2, 0.25) is 5.91 Å². The number of aliphatic hydroxyl groups excluding tert-OH is 8. The second-order valence-electron chi connectivity index (χ2n) is 15.8. The quantitative estimate of drug-likeness (QED) is 0.0445. The van der Waals surface area contributed by atoms with Gasteiger partial charge in [-0.3, -0.25) is 4.79 Å². The van der Waals surface area contributed by atoms with Gasteiger partial charge in [-0.05, 0) is 12.8 Å². The molecule has 2 heterocycles. The van der Waals surface area contributed by atoms with Crippen LogP contribution in [-0.2, 0) is 23.7 Å². The fourth-order valence-electron chi connectivity index (χ4n) is 7.46. The molecule has 0 bridgehead atoms. The van der Waals surface area contributed by atoms with Crippen LogP contribution < -0.4 is 5.32 Å². The molecule has 326 valence electrons. The van der Waals surface area contributed by atoms with Crippen molar-refractivity contribution in [2.24, 2.45) is 0 Å². The second-order valence-corrected chi connectivity index (χ2v) is 15.8. The van der Waals surface area contributed by atoms with Crippen LogP contribution in [0.3, 0.4) is 0 Å². The Morgan fingerprint density at radius 3 is 1.51 bits per heavy atom. The Morgan fingerprint density at radius 1 is 0.582 bits per heavy atom. The largest absolute Gasteiger partial charge is 0.394 e. The number of amides is 1. The van der Waals surface area contributed by atoms with E-state index >= 15 is 0 Å². The highest BCUT2D eigenvalue weighted by molar-refractivity contribution is 5.76. The fourth-order valence-corrected chi connectivity index (χ4v) is 7.46. The Labute approximate surface area is 330 Å². The monoisotopic (exact) mass is 794 g/mol. The first kappa shape index (κ1) is 50.1. The van der Waals surface area contributed by atoms with E-state index in [9.17, 15) is 45.6 Å². The van der Waals surface area contributed by atoms with Crippen molar-refractivity contribution in [2.75, 3.05) is 19.8 Å². The van der Waals surface area contributed by atoms with Crippen LogP contribution in [0.2, 0.25) is 0 Å². The summed E-state index contributed by atoms with van der Waals surface area (Å²) in [6.45, 7) is 2.48. The molecule has 14 nitrogen and oxygen atoms in total. The third-order valence-electron chi connectivity index (χ3n) is 11.0. The predicted molar refractivity (Wildman–Crippen MR) is 208 cm³/mol. The van der Waals surface area contributed by atoms with Crippen LogP contribution in [0.4, 0.5) is 0 Å². The van der Waals surface area contributed by atoms with Crippen molar-refractivity contribution in [3.8, 4) is 0 Å². The summed E-state index contributed by atoms with van der Waals surface area (Å²) in [6, 6.07) is -0.817. The normalized spacial score (nSPS) is 29.6. The highest BCUT2D eigenvalue weighted by Crippen LogP contribution is 2.30. The molecule has 2 rings (SSSR count). The zero-order valence-corrected chi connectivity index (χ0v) is 33.9.